The Balaban J connectivity index is 1.80. The van der Waals surface area contributed by atoms with Gasteiger partial charge < -0.3 is 20.7 Å². The van der Waals surface area contributed by atoms with Crippen LogP contribution < -0.4 is 5.73 Å². The predicted molar refractivity (Wildman–Crippen MR) is 135 cm³/mol. The summed E-state index contributed by atoms with van der Waals surface area (Å²) in [7, 11) is -3.47. The second kappa shape index (κ2) is 9.94. The first-order chi connectivity index (χ1) is 17.4. The Hall–Kier alpha value is -3.77. The van der Waals surface area contributed by atoms with Crippen LogP contribution in [0.3, 0.4) is 0 Å². The van der Waals surface area contributed by atoms with E-state index in [2.05, 4.69) is 4.98 Å². The summed E-state index contributed by atoms with van der Waals surface area (Å²) in [5.41, 5.74) is 6.67. The van der Waals surface area contributed by atoms with Crippen molar-refractivity contribution in [2.45, 2.75) is 25.1 Å². The lowest BCUT2D eigenvalue weighted by Crippen LogP contribution is -2.36. The van der Waals surface area contributed by atoms with Crippen LogP contribution in [0.1, 0.15) is 41.0 Å². The van der Waals surface area contributed by atoms with Gasteiger partial charge >= 0.3 is 12.0 Å². The van der Waals surface area contributed by atoms with Gasteiger partial charge in [0.2, 0.25) is 0 Å². The van der Waals surface area contributed by atoms with Crippen LogP contribution in [0.5, 0.6) is 0 Å². The zero-order valence-electron chi connectivity index (χ0n) is 20.3. The summed E-state index contributed by atoms with van der Waals surface area (Å²) >= 11 is 0. The van der Waals surface area contributed by atoms with Crippen LogP contribution in [-0.2, 0) is 20.4 Å². The van der Waals surface area contributed by atoms with Crippen LogP contribution in [-0.4, -0.2) is 72.1 Å². The number of carbonyl (C=O) groups excluding carboxylic acids is 2. The highest BCUT2D eigenvalue weighted by molar-refractivity contribution is 7.89. The summed E-state index contributed by atoms with van der Waals surface area (Å²) in [6.07, 6.45) is 1.55. The molecular formula is C25H27FN4O6S. The molecule has 0 saturated carbocycles. The Morgan fingerprint density at radius 2 is 1.97 bits per heavy atom. The number of halogens is 1. The SMILES string of the molecule is CC(c1cccc2c(-c3ccc(CS(C)(=O)=O)c(F)c3)c(C(=O)O)[nH]c12)N1C(=O)CN(CCCN)C1=O. The quantitative estimate of drug-likeness (QED) is 0.360. The smallest absolute Gasteiger partial charge is 0.352 e. The molecule has 3 amide bonds. The summed E-state index contributed by atoms with van der Waals surface area (Å²) in [5.74, 6) is -2.92. The van der Waals surface area contributed by atoms with E-state index in [1.807, 2.05) is 0 Å². The van der Waals surface area contributed by atoms with E-state index in [-0.39, 0.29) is 34.8 Å². The first kappa shape index (κ1) is 26.3. The number of hydrogen-bond donors (Lipinski definition) is 3. The molecule has 2 aromatic carbocycles. The Morgan fingerprint density at radius 3 is 2.59 bits per heavy atom. The molecule has 4 rings (SSSR count). The molecule has 196 valence electrons. The fourth-order valence-electron chi connectivity index (χ4n) is 4.69. The van der Waals surface area contributed by atoms with Gasteiger partial charge in [0.15, 0.2) is 9.84 Å². The van der Waals surface area contributed by atoms with Gasteiger partial charge in [-0.3, -0.25) is 9.69 Å². The molecule has 10 nitrogen and oxygen atoms in total. The monoisotopic (exact) mass is 530 g/mol. The van der Waals surface area contributed by atoms with Crippen molar-refractivity contribution in [1.29, 1.82) is 0 Å². The highest BCUT2D eigenvalue weighted by atomic mass is 32.2. The summed E-state index contributed by atoms with van der Waals surface area (Å²) in [4.78, 5) is 43.3. The maximum atomic E-state index is 14.8. The molecule has 0 spiro atoms. The summed E-state index contributed by atoms with van der Waals surface area (Å²) in [6, 6.07) is 7.76. The highest BCUT2D eigenvalue weighted by Crippen LogP contribution is 2.38. The molecule has 1 atom stereocenters. The van der Waals surface area contributed by atoms with E-state index in [1.54, 1.807) is 25.1 Å². The molecule has 4 N–H and O–H groups in total. The Labute approximate surface area is 212 Å². The Bertz CT molecular complexity index is 1520. The number of rotatable bonds is 9. The first-order valence-corrected chi connectivity index (χ1v) is 13.6. The Kier molecular flexibility index (Phi) is 7.07. The molecule has 1 aromatic heterocycles. The maximum Gasteiger partial charge on any atom is 0.352 e. The normalized spacial score (nSPS) is 15.1. The number of hydrogen-bond acceptors (Lipinski definition) is 6. The number of nitrogens with two attached hydrogens (primary N) is 1. The molecule has 1 fully saturated rings. The lowest BCUT2D eigenvalue weighted by Gasteiger charge is -2.24. The molecule has 0 radical (unpaired) electrons. The highest BCUT2D eigenvalue weighted by Gasteiger charge is 2.39. The number of fused-ring (bicyclic) bond motifs is 1. The van der Waals surface area contributed by atoms with Crippen molar-refractivity contribution >= 4 is 38.6 Å². The van der Waals surface area contributed by atoms with Crippen LogP contribution in [0.15, 0.2) is 36.4 Å². The van der Waals surface area contributed by atoms with Crippen LogP contribution in [0.4, 0.5) is 9.18 Å². The number of nitrogens with zero attached hydrogens (tertiary/aromatic N) is 2. The minimum Gasteiger partial charge on any atom is -0.477 e. The van der Waals surface area contributed by atoms with Crippen LogP contribution in [0, 0.1) is 5.82 Å². The van der Waals surface area contributed by atoms with Crippen molar-refractivity contribution in [1.82, 2.24) is 14.8 Å². The number of carboxylic acid groups (broad SMARTS) is 1. The molecular weight excluding hydrogens is 503 g/mol. The number of imide groups is 1. The molecule has 37 heavy (non-hydrogen) atoms. The van der Waals surface area contributed by atoms with Gasteiger partial charge in [-0.15, -0.1) is 0 Å². The van der Waals surface area contributed by atoms with E-state index < -0.39 is 39.4 Å². The van der Waals surface area contributed by atoms with Gasteiger partial charge in [-0.25, -0.2) is 22.4 Å². The van der Waals surface area contributed by atoms with Crippen molar-refractivity contribution in [2.24, 2.45) is 5.73 Å². The lowest BCUT2D eigenvalue weighted by atomic mass is 9.97. The third kappa shape index (κ3) is 5.07. The molecule has 0 bridgehead atoms. The van der Waals surface area contributed by atoms with Gasteiger partial charge in [0.05, 0.1) is 17.3 Å². The summed E-state index contributed by atoms with van der Waals surface area (Å²) in [6.45, 7) is 2.35. The zero-order valence-corrected chi connectivity index (χ0v) is 21.1. The van der Waals surface area contributed by atoms with Gasteiger partial charge in [-0.05, 0) is 37.1 Å². The number of aromatic nitrogens is 1. The molecule has 2 heterocycles. The number of aromatic amines is 1. The molecule has 12 heteroatoms. The number of urea groups is 1. The van der Waals surface area contributed by atoms with E-state index in [0.29, 0.717) is 36.0 Å². The van der Waals surface area contributed by atoms with Crippen molar-refractivity contribution < 1.29 is 32.3 Å². The molecule has 1 aliphatic heterocycles. The average Bonchev–Trinajstić information content (AvgIpc) is 3.35. The van der Waals surface area contributed by atoms with Crippen molar-refractivity contribution in [3.63, 3.8) is 0 Å². The van der Waals surface area contributed by atoms with E-state index in [9.17, 15) is 32.3 Å². The largest absolute Gasteiger partial charge is 0.477 e. The molecule has 0 aliphatic carbocycles. The van der Waals surface area contributed by atoms with Crippen molar-refractivity contribution in [2.75, 3.05) is 25.9 Å². The number of H-pyrrole nitrogens is 1. The lowest BCUT2D eigenvalue weighted by molar-refractivity contribution is -0.126. The zero-order chi connectivity index (χ0) is 27.1. The number of carboxylic acids is 1. The van der Waals surface area contributed by atoms with Gasteiger partial charge in [0, 0.05) is 29.3 Å². The van der Waals surface area contributed by atoms with Crippen LogP contribution in [0.2, 0.25) is 0 Å². The number of para-hydroxylation sites is 1. The number of sulfone groups is 1. The minimum atomic E-state index is -3.47. The van der Waals surface area contributed by atoms with Crippen molar-refractivity contribution in [3.8, 4) is 11.1 Å². The topological polar surface area (TPSA) is 154 Å². The minimum absolute atomic E-state index is 0.0254. The number of aromatic carboxylic acids is 1. The average molecular weight is 531 g/mol. The predicted octanol–water partition coefficient (Wildman–Crippen LogP) is 2.89. The fourth-order valence-corrected chi connectivity index (χ4v) is 5.49. The summed E-state index contributed by atoms with van der Waals surface area (Å²) in [5, 5.41) is 10.4. The van der Waals surface area contributed by atoms with Gasteiger partial charge in [-0.2, -0.15) is 0 Å². The van der Waals surface area contributed by atoms with E-state index in [0.717, 1.165) is 17.2 Å². The molecule has 1 aliphatic rings. The van der Waals surface area contributed by atoms with Gasteiger partial charge in [0.1, 0.15) is 18.1 Å². The van der Waals surface area contributed by atoms with Crippen molar-refractivity contribution in [3.05, 3.63) is 59.0 Å². The van der Waals surface area contributed by atoms with Gasteiger partial charge in [-0.1, -0.05) is 30.3 Å². The fraction of sp³-hybridized carbons (Fsp3) is 0.320. The molecule has 1 saturated heterocycles. The van der Waals surface area contributed by atoms with E-state index in [4.69, 9.17) is 5.73 Å². The number of nitrogens with one attached hydrogen (secondary N) is 1. The van der Waals surface area contributed by atoms with E-state index in [1.165, 1.54) is 17.0 Å². The molecule has 3 aromatic rings. The number of carbonyl (C=O) groups is 3. The third-order valence-electron chi connectivity index (χ3n) is 6.38. The Morgan fingerprint density at radius 1 is 1.24 bits per heavy atom. The van der Waals surface area contributed by atoms with Crippen LogP contribution in [0.25, 0.3) is 22.0 Å². The molecule has 1 unspecified atom stereocenters. The van der Waals surface area contributed by atoms with Gasteiger partial charge in [0.25, 0.3) is 5.91 Å². The second-order valence-corrected chi connectivity index (χ2v) is 11.3. The number of amides is 3. The standard InChI is InChI=1S/C25H27FN4O6S/c1-14(30-20(31)12-29(25(30)34)10-4-9-27)17-5-3-6-18-21(23(24(32)33)28-22(17)18)15-7-8-16(19(26)11-15)13-37(2,35)36/h3,5-8,11,14,28H,4,9-10,12-13,27H2,1-2H3,(H,32,33). The first-order valence-electron chi connectivity index (χ1n) is 11.6. The maximum absolute atomic E-state index is 14.8. The third-order valence-corrected chi connectivity index (χ3v) is 7.22. The van der Waals surface area contributed by atoms with E-state index >= 15 is 0 Å². The second-order valence-electron chi connectivity index (χ2n) is 9.11. The summed E-state index contributed by atoms with van der Waals surface area (Å²) < 4.78 is 38.0. The number of benzene rings is 2. The van der Waals surface area contributed by atoms with Crippen LogP contribution >= 0.6 is 0 Å².